The molecule has 4 nitrogen and oxygen atoms in total. The molecule has 4 heteroatoms. The van der Waals surface area contributed by atoms with E-state index in [1.807, 2.05) is 0 Å². The summed E-state index contributed by atoms with van der Waals surface area (Å²) in [6, 6.07) is -0.141. The summed E-state index contributed by atoms with van der Waals surface area (Å²) in [5.74, 6) is 0. The molecule has 0 bridgehead atoms. The first-order valence-corrected chi connectivity index (χ1v) is 5.29. The standard InChI is InChI=1S/C10H21N2O2/c1-3-4-5-6-8-12(2)10(14)11-7-9-13/h3-9H2,1-2H3,(H,11,14). The van der Waals surface area contributed by atoms with Crippen LogP contribution < -0.4 is 5.32 Å². The third-order valence-corrected chi connectivity index (χ3v) is 2.07. The number of urea groups is 1. The Morgan fingerprint density at radius 2 is 2.00 bits per heavy atom. The van der Waals surface area contributed by atoms with Crippen LogP contribution in [0.25, 0.3) is 0 Å². The summed E-state index contributed by atoms with van der Waals surface area (Å²) in [5, 5.41) is 12.7. The first-order valence-electron chi connectivity index (χ1n) is 5.29. The van der Waals surface area contributed by atoms with Crippen LogP contribution in [0.5, 0.6) is 0 Å². The van der Waals surface area contributed by atoms with Gasteiger partial charge in [0.05, 0.1) is 6.61 Å². The second kappa shape index (κ2) is 8.81. The van der Waals surface area contributed by atoms with E-state index < -0.39 is 0 Å². The van der Waals surface area contributed by atoms with Crippen molar-refractivity contribution in [3.63, 3.8) is 0 Å². The first kappa shape index (κ1) is 13.2. The smallest absolute Gasteiger partial charge is 0.317 e. The molecule has 1 N–H and O–H groups in total. The van der Waals surface area contributed by atoms with Gasteiger partial charge in [-0.1, -0.05) is 26.2 Å². The molecule has 0 aliphatic heterocycles. The molecule has 0 aliphatic carbocycles. The molecule has 0 saturated heterocycles. The summed E-state index contributed by atoms with van der Waals surface area (Å²) in [4.78, 5) is 12.9. The van der Waals surface area contributed by atoms with Gasteiger partial charge < -0.3 is 10.2 Å². The molecule has 83 valence electrons. The lowest BCUT2D eigenvalue weighted by atomic mass is 10.2. The summed E-state index contributed by atoms with van der Waals surface area (Å²) in [7, 11) is 1.76. The molecule has 0 aromatic carbocycles. The van der Waals surface area contributed by atoms with Crippen LogP contribution in [0.1, 0.15) is 32.6 Å². The summed E-state index contributed by atoms with van der Waals surface area (Å²) in [5.41, 5.74) is 0. The Morgan fingerprint density at radius 1 is 1.29 bits per heavy atom. The number of carbonyl (C=O) groups excluding carboxylic acids is 1. The minimum absolute atomic E-state index is 0.141. The van der Waals surface area contributed by atoms with Gasteiger partial charge in [-0.2, -0.15) is 0 Å². The fourth-order valence-corrected chi connectivity index (χ4v) is 1.17. The van der Waals surface area contributed by atoms with Crippen LogP contribution in [0.3, 0.4) is 0 Å². The minimum Gasteiger partial charge on any atom is -0.336 e. The predicted molar refractivity (Wildman–Crippen MR) is 55.7 cm³/mol. The van der Waals surface area contributed by atoms with Crippen molar-refractivity contribution in [2.45, 2.75) is 32.6 Å². The van der Waals surface area contributed by atoms with E-state index in [0.29, 0.717) is 0 Å². The van der Waals surface area contributed by atoms with Gasteiger partial charge in [-0.3, -0.25) is 0 Å². The number of unbranched alkanes of at least 4 members (excludes halogenated alkanes) is 3. The van der Waals surface area contributed by atoms with E-state index in [1.165, 1.54) is 12.8 Å². The number of nitrogens with one attached hydrogen (secondary N) is 1. The number of carbonyl (C=O) groups is 1. The molecule has 0 spiro atoms. The fourth-order valence-electron chi connectivity index (χ4n) is 1.17. The zero-order valence-electron chi connectivity index (χ0n) is 9.21. The average molecular weight is 201 g/mol. The maximum Gasteiger partial charge on any atom is 0.317 e. The second-order valence-electron chi connectivity index (χ2n) is 3.42. The van der Waals surface area contributed by atoms with E-state index >= 15 is 0 Å². The van der Waals surface area contributed by atoms with Gasteiger partial charge in [0.2, 0.25) is 0 Å². The number of hydrogen-bond acceptors (Lipinski definition) is 1. The molecular weight excluding hydrogens is 180 g/mol. The van der Waals surface area contributed by atoms with Crippen LogP contribution in [0.4, 0.5) is 4.79 Å². The van der Waals surface area contributed by atoms with Crippen LogP contribution in [0, 0.1) is 0 Å². The Balaban J connectivity index is 3.42. The van der Waals surface area contributed by atoms with Crippen LogP contribution in [-0.2, 0) is 5.11 Å². The van der Waals surface area contributed by atoms with Crippen molar-refractivity contribution in [1.82, 2.24) is 10.2 Å². The largest absolute Gasteiger partial charge is 0.336 e. The summed E-state index contributed by atoms with van der Waals surface area (Å²) in [6.45, 7) is 2.89. The minimum atomic E-state index is -0.255. The molecule has 0 saturated carbocycles. The Kier molecular flexibility index (Phi) is 8.33. The van der Waals surface area contributed by atoms with Crippen molar-refractivity contribution >= 4 is 6.03 Å². The number of hydrogen-bond donors (Lipinski definition) is 1. The third-order valence-electron chi connectivity index (χ3n) is 2.07. The molecule has 0 fully saturated rings. The Hall–Kier alpha value is -0.770. The molecule has 0 unspecified atom stereocenters. The van der Waals surface area contributed by atoms with E-state index in [-0.39, 0.29) is 19.2 Å². The first-order chi connectivity index (χ1) is 6.72. The highest BCUT2D eigenvalue weighted by atomic mass is 16.3. The highest BCUT2D eigenvalue weighted by Gasteiger charge is 2.05. The number of rotatable bonds is 7. The topological polar surface area (TPSA) is 52.2 Å². The van der Waals surface area contributed by atoms with Crippen molar-refractivity contribution in [1.29, 1.82) is 0 Å². The molecule has 1 radical (unpaired) electrons. The van der Waals surface area contributed by atoms with Crippen LogP contribution in [0.2, 0.25) is 0 Å². The number of nitrogens with zero attached hydrogens (tertiary/aromatic N) is 1. The number of amides is 2. The van der Waals surface area contributed by atoms with Gasteiger partial charge in [-0.25, -0.2) is 9.90 Å². The quantitative estimate of drug-likeness (QED) is 0.625. The Bertz CT molecular complexity index is 151. The highest BCUT2D eigenvalue weighted by Crippen LogP contribution is 1.99. The van der Waals surface area contributed by atoms with Crippen molar-refractivity contribution in [3.8, 4) is 0 Å². The highest BCUT2D eigenvalue weighted by molar-refractivity contribution is 5.73. The van der Waals surface area contributed by atoms with Crippen LogP contribution in [-0.4, -0.2) is 37.7 Å². The van der Waals surface area contributed by atoms with Gasteiger partial charge in [0.1, 0.15) is 0 Å². The second-order valence-corrected chi connectivity index (χ2v) is 3.42. The third kappa shape index (κ3) is 6.71. The molecule has 0 heterocycles. The molecule has 2 amide bonds. The van der Waals surface area contributed by atoms with Gasteiger partial charge >= 0.3 is 6.03 Å². The van der Waals surface area contributed by atoms with Crippen LogP contribution in [0.15, 0.2) is 0 Å². The molecule has 0 aliphatic rings. The monoisotopic (exact) mass is 201 g/mol. The van der Waals surface area contributed by atoms with E-state index in [9.17, 15) is 9.90 Å². The van der Waals surface area contributed by atoms with E-state index in [1.54, 1.807) is 11.9 Å². The van der Waals surface area contributed by atoms with Crippen molar-refractivity contribution in [2.75, 3.05) is 26.7 Å². The maximum absolute atomic E-state index is 11.2. The van der Waals surface area contributed by atoms with Gasteiger partial charge in [-0.15, -0.1) is 0 Å². The molecule has 0 aromatic rings. The zero-order valence-corrected chi connectivity index (χ0v) is 9.21. The summed E-state index contributed by atoms with van der Waals surface area (Å²) < 4.78 is 0. The molecule has 0 rings (SSSR count). The average Bonchev–Trinajstić information content (AvgIpc) is 2.20. The normalized spacial score (nSPS) is 9.93. The summed E-state index contributed by atoms with van der Waals surface area (Å²) in [6.07, 6.45) is 4.62. The van der Waals surface area contributed by atoms with Crippen LogP contribution >= 0.6 is 0 Å². The Labute approximate surface area is 86.3 Å². The van der Waals surface area contributed by atoms with Gasteiger partial charge in [0, 0.05) is 20.1 Å². The van der Waals surface area contributed by atoms with Crippen molar-refractivity contribution in [3.05, 3.63) is 0 Å². The van der Waals surface area contributed by atoms with E-state index in [2.05, 4.69) is 12.2 Å². The van der Waals surface area contributed by atoms with Gasteiger partial charge in [0.15, 0.2) is 0 Å². The predicted octanol–water partition coefficient (Wildman–Crippen LogP) is 1.64. The lowest BCUT2D eigenvalue weighted by Gasteiger charge is -2.17. The van der Waals surface area contributed by atoms with Gasteiger partial charge in [-0.05, 0) is 6.42 Å². The lowest BCUT2D eigenvalue weighted by molar-refractivity contribution is 0.180. The summed E-state index contributed by atoms with van der Waals surface area (Å²) >= 11 is 0. The SMILES string of the molecule is CCCCCCN(C)C(=O)NCC[O]. The molecule has 0 atom stereocenters. The van der Waals surface area contributed by atoms with Crippen molar-refractivity contribution < 1.29 is 9.90 Å². The van der Waals surface area contributed by atoms with Crippen molar-refractivity contribution in [2.24, 2.45) is 0 Å². The maximum atomic E-state index is 11.2. The van der Waals surface area contributed by atoms with E-state index in [4.69, 9.17) is 0 Å². The molecule has 14 heavy (non-hydrogen) atoms. The lowest BCUT2D eigenvalue weighted by Crippen LogP contribution is -2.38. The van der Waals surface area contributed by atoms with E-state index in [0.717, 1.165) is 19.4 Å². The Morgan fingerprint density at radius 3 is 2.57 bits per heavy atom. The molecular formula is C10H21N2O2. The molecule has 0 aromatic heterocycles. The van der Waals surface area contributed by atoms with Gasteiger partial charge in [0.25, 0.3) is 0 Å². The zero-order chi connectivity index (χ0) is 10.8. The fraction of sp³-hybridized carbons (Fsp3) is 0.900.